The summed E-state index contributed by atoms with van der Waals surface area (Å²) < 4.78 is 1.57. The van der Waals surface area contributed by atoms with Gasteiger partial charge in [0.2, 0.25) is 5.91 Å². The highest BCUT2D eigenvalue weighted by atomic mass is 16.2. The van der Waals surface area contributed by atoms with Gasteiger partial charge in [-0.2, -0.15) is 5.10 Å². The molecule has 1 fully saturated rings. The zero-order valence-corrected chi connectivity index (χ0v) is 13.1. The molecule has 1 aliphatic heterocycles. The standard InChI is InChI=1S/C16H21N5O/c1-13-4-3-5-15(14(13)2)19-6-8-20(9-7-19)16(22)10-21-12-17-11-18-21/h3-5,11-12H,6-10H2,1-2H3. The van der Waals surface area contributed by atoms with Crippen LogP contribution in [0.4, 0.5) is 5.69 Å². The molecule has 0 spiro atoms. The van der Waals surface area contributed by atoms with Gasteiger partial charge in [0.25, 0.3) is 0 Å². The lowest BCUT2D eigenvalue weighted by molar-refractivity contribution is -0.132. The minimum Gasteiger partial charge on any atom is -0.368 e. The Morgan fingerprint density at radius 3 is 2.64 bits per heavy atom. The molecule has 1 aromatic heterocycles. The van der Waals surface area contributed by atoms with Crippen LogP contribution >= 0.6 is 0 Å². The maximum Gasteiger partial charge on any atom is 0.244 e. The number of piperazine rings is 1. The largest absolute Gasteiger partial charge is 0.368 e. The summed E-state index contributed by atoms with van der Waals surface area (Å²) in [7, 11) is 0. The molecule has 0 bridgehead atoms. The molecule has 2 heterocycles. The minimum absolute atomic E-state index is 0.103. The van der Waals surface area contributed by atoms with Gasteiger partial charge in [-0.3, -0.25) is 4.79 Å². The first kappa shape index (κ1) is 14.6. The molecule has 0 unspecified atom stereocenters. The van der Waals surface area contributed by atoms with E-state index < -0.39 is 0 Å². The van der Waals surface area contributed by atoms with Gasteiger partial charge in [0, 0.05) is 31.9 Å². The lowest BCUT2D eigenvalue weighted by atomic mass is 10.1. The number of amides is 1. The lowest BCUT2D eigenvalue weighted by Crippen LogP contribution is -2.49. The van der Waals surface area contributed by atoms with E-state index in [1.165, 1.54) is 23.1 Å². The van der Waals surface area contributed by atoms with Crippen molar-refractivity contribution >= 4 is 11.6 Å². The Morgan fingerprint density at radius 1 is 1.18 bits per heavy atom. The molecule has 0 radical (unpaired) electrons. The van der Waals surface area contributed by atoms with Crippen molar-refractivity contribution in [2.45, 2.75) is 20.4 Å². The van der Waals surface area contributed by atoms with Gasteiger partial charge >= 0.3 is 0 Å². The number of aromatic nitrogens is 3. The molecule has 0 saturated carbocycles. The van der Waals surface area contributed by atoms with Crippen LogP contribution in [0.1, 0.15) is 11.1 Å². The molecule has 22 heavy (non-hydrogen) atoms. The molecule has 1 amide bonds. The Kier molecular flexibility index (Phi) is 4.09. The van der Waals surface area contributed by atoms with E-state index in [0.717, 1.165) is 26.2 Å². The molecular formula is C16H21N5O. The van der Waals surface area contributed by atoms with Crippen molar-refractivity contribution in [1.82, 2.24) is 19.7 Å². The van der Waals surface area contributed by atoms with E-state index in [-0.39, 0.29) is 12.5 Å². The van der Waals surface area contributed by atoms with Crippen molar-refractivity contribution in [3.8, 4) is 0 Å². The van der Waals surface area contributed by atoms with Crippen molar-refractivity contribution in [2.24, 2.45) is 0 Å². The zero-order chi connectivity index (χ0) is 15.5. The van der Waals surface area contributed by atoms with Gasteiger partial charge < -0.3 is 9.80 Å². The Balaban J connectivity index is 1.60. The molecule has 1 saturated heterocycles. The second-order valence-corrected chi connectivity index (χ2v) is 5.68. The van der Waals surface area contributed by atoms with E-state index >= 15 is 0 Å². The number of anilines is 1. The Labute approximate surface area is 130 Å². The average Bonchev–Trinajstić information content (AvgIpc) is 3.03. The number of nitrogens with zero attached hydrogens (tertiary/aromatic N) is 5. The van der Waals surface area contributed by atoms with Crippen LogP contribution in [0.3, 0.4) is 0 Å². The molecule has 0 aliphatic carbocycles. The summed E-state index contributed by atoms with van der Waals surface area (Å²) in [5.41, 5.74) is 3.91. The molecule has 6 nitrogen and oxygen atoms in total. The minimum atomic E-state index is 0.103. The van der Waals surface area contributed by atoms with Gasteiger partial charge in [0.05, 0.1) is 0 Å². The predicted molar refractivity (Wildman–Crippen MR) is 84.7 cm³/mol. The SMILES string of the molecule is Cc1cccc(N2CCN(C(=O)Cn3cncn3)CC2)c1C. The third-order valence-corrected chi connectivity index (χ3v) is 4.31. The lowest BCUT2D eigenvalue weighted by Gasteiger charge is -2.37. The number of hydrogen-bond acceptors (Lipinski definition) is 4. The summed E-state index contributed by atoms with van der Waals surface area (Å²) in [4.78, 5) is 20.4. The van der Waals surface area contributed by atoms with E-state index in [1.807, 2.05) is 4.90 Å². The maximum atomic E-state index is 12.2. The van der Waals surface area contributed by atoms with Crippen molar-refractivity contribution in [3.63, 3.8) is 0 Å². The molecule has 116 valence electrons. The number of benzene rings is 1. The summed E-state index contributed by atoms with van der Waals surface area (Å²) >= 11 is 0. The van der Waals surface area contributed by atoms with Crippen LogP contribution in [0.25, 0.3) is 0 Å². The van der Waals surface area contributed by atoms with Crippen LogP contribution in [-0.4, -0.2) is 51.8 Å². The Bertz CT molecular complexity index is 645. The molecule has 0 atom stereocenters. The highest BCUT2D eigenvalue weighted by molar-refractivity contribution is 5.76. The normalized spacial score (nSPS) is 15.2. The fraction of sp³-hybridized carbons (Fsp3) is 0.438. The van der Waals surface area contributed by atoms with E-state index in [1.54, 1.807) is 11.0 Å². The van der Waals surface area contributed by atoms with Crippen LogP contribution in [0.5, 0.6) is 0 Å². The van der Waals surface area contributed by atoms with E-state index in [2.05, 4.69) is 47.0 Å². The molecule has 1 aromatic carbocycles. The third kappa shape index (κ3) is 2.95. The highest BCUT2D eigenvalue weighted by Crippen LogP contribution is 2.23. The summed E-state index contributed by atoms with van der Waals surface area (Å²) in [6, 6.07) is 6.39. The van der Waals surface area contributed by atoms with Gasteiger partial charge in [-0.15, -0.1) is 0 Å². The zero-order valence-electron chi connectivity index (χ0n) is 13.1. The first-order valence-electron chi connectivity index (χ1n) is 7.56. The molecular weight excluding hydrogens is 278 g/mol. The predicted octanol–water partition coefficient (Wildman–Crippen LogP) is 1.24. The number of hydrogen-bond donors (Lipinski definition) is 0. The van der Waals surface area contributed by atoms with E-state index in [4.69, 9.17) is 0 Å². The van der Waals surface area contributed by atoms with Gasteiger partial charge in [-0.25, -0.2) is 9.67 Å². The summed E-state index contributed by atoms with van der Waals surface area (Å²) in [6.45, 7) is 7.80. The Hall–Kier alpha value is -2.37. The fourth-order valence-electron chi connectivity index (χ4n) is 2.83. The maximum absolute atomic E-state index is 12.2. The molecule has 3 rings (SSSR count). The summed E-state index contributed by atoms with van der Waals surface area (Å²) in [5, 5.41) is 3.98. The Morgan fingerprint density at radius 2 is 1.95 bits per heavy atom. The fourth-order valence-corrected chi connectivity index (χ4v) is 2.83. The van der Waals surface area contributed by atoms with Crippen molar-refractivity contribution in [2.75, 3.05) is 31.1 Å². The number of carbonyl (C=O) groups is 1. The van der Waals surface area contributed by atoms with Gasteiger partial charge in [0.15, 0.2) is 0 Å². The van der Waals surface area contributed by atoms with Crippen LogP contribution in [0, 0.1) is 13.8 Å². The molecule has 1 aliphatic rings. The van der Waals surface area contributed by atoms with Crippen LogP contribution in [0.15, 0.2) is 30.9 Å². The van der Waals surface area contributed by atoms with Crippen molar-refractivity contribution in [3.05, 3.63) is 42.0 Å². The average molecular weight is 299 g/mol. The topological polar surface area (TPSA) is 54.3 Å². The van der Waals surface area contributed by atoms with Gasteiger partial charge in [-0.1, -0.05) is 12.1 Å². The first-order chi connectivity index (χ1) is 10.6. The number of aryl methyl sites for hydroxylation is 1. The highest BCUT2D eigenvalue weighted by Gasteiger charge is 2.22. The van der Waals surface area contributed by atoms with E-state index in [0.29, 0.717) is 0 Å². The summed E-state index contributed by atoms with van der Waals surface area (Å²) in [5.74, 6) is 0.103. The molecule has 2 aromatic rings. The third-order valence-electron chi connectivity index (χ3n) is 4.31. The van der Waals surface area contributed by atoms with Crippen LogP contribution < -0.4 is 4.90 Å². The smallest absolute Gasteiger partial charge is 0.244 e. The van der Waals surface area contributed by atoms with Crippen LogP contribution in [0.2, 0.25) is 0 Å². The van der Waals surface area contributed by atoms with Crippen molar-refractivity contribution < 1.29 is 4.79 Å². The van der Waals surface area contributed by atoms with E-state index in [9.17, 15) is 4.79 Å². The van der Waals surface area contributed by atoms with Gasteiger partial charge in [0.1, 0.15) is 19.2 Å². The number of rotatable bonds is 3. The van der Waals surface area contributed by atoms with Crippen LogP contribution in [-0.2, 0) is 11.3 Å². The molecule has 0 N–H and O–H groups in total. The monoisotopic (exact) mass is 299 g/mol. The number of carbonyl (C=O) groups excluding carboxylic acids is 1. The second kappa shape index (κ2) is 6.17. The first-order valence-corrected chi connectivity index (χ1v) is 7.56. The quantitative estimate of drug-likeness (QED) is 0.856. The summed E-state index contributed by atoms with van der Waals surface area (Å²) in [6.07, 6.45) is 3.02. The van der Waals surface area contributed by atoms with Crippen molar-refractivity contribution in [1.29, 1.82) is 0 Å². The second-order valence-electron chi connectivity index (χ2n) is 5.68. The molecule has 6 heteroatoms. The van der Waals surface area contributed by atoms with Gasteiger partial charge in [-0.05, 0) is 31.0 Å².